The summed E-state index contributed by atoms with van der Waals surface area (Å²) in [6.45, 7) is 0.383. The standard InChI is InChI=1S/C16H16N4O3/c1-19(11-13-7-10-23-18-13)15(16(21)22)12-3-5-14(6-4-12)20-9-2-8-17-20/h2-10,15H,11H2,1H3,(H,21,22). The van der Waals surface area contributed by atoms with E-state index in [1.165, 1.54) is 6.26 Å². The summed E-state index contributed by atoms with van der Waals surface area (Å²) in [7, 11) is 1.74. The van der Waals surface area contributed by atoms with Gasteiger partial charge >= 0.3 is 5.97 Å². The van der Waals surface area contributed by atoms with Crippen LogP contribution in [0, 0.1) is 0 Å². The number of carboxylic acids is 1. The van der Waals surface area contributed by atoms with Crippen LogP contribution in [0.5, 0.6) is 0 Å². The van der Waals surface area contributed by atoms with E-state index in [0.717, 1.165) is 5.69 Å². The summed E-state index contributed by atoms with van der Waals surface area (Å²) in [5.74, 6) is -0.914. The van der Waals surface area contributed by atoms with E-state index in [9.17, 15) is 9.90 Å². The lowest BCUT2D eigenvalue weighted by molar-refractivity contribution is -0.143. The van der Waals surface area contributed by atoms with Gasteiger partial charge in [-0.15, -0.1) is 0 Å². The summed E-state index contributed by atoms with van der Waals surface area (Å²) >= 11 is 0. The van der Waals surface area contributed by atoms with E-state index >= 15 is 0 Å². The molecule has 1 atom stereocenters. The number of aromatic nitrogens is 3. The number of carboxylic acid groups (broad SMARTS) is 1. The minimum Gasteiger partial charge on any atom is -0.480 e. The quantitative estimate of drug-likeness (QED) is 0.750. The molecule has 0 saturated carbocycles. The zero-order chi connectivity index (χ0) is 16.2. The van der Waals surface area contributed by atoms with Crippen LogP contribution in [0.4, 0.5) is 0 Å². The molecule has 2 aromatic heterocycles. The lowest BCUT2D eigenvalue weighted by Gasteiger charge is -2.24. The van der Waals surface area contributed by atoms with Crippen LogP contribution in [0.2, 0.25) is 0 Å². The lowest BCUT2D eigenvalue weighted by Crippen LogP contribution is -2.30. The Hall–Kier alpha value is -2.93. The summed E-state index contributed by atoms with van der Waals surface area (Å²) in [6.07, 6.45) is 5.00. The molecule has 0 aliphatic carbocycles. The molecule has 0 aliphatic rings. The maximum Gasteiger partial charge on any atom is 0.325 e. The van der Waals surface area contributed by atoms with Gasteiger partial charge in [0.2, 0.25) is 0 Å². The Kier molecular flexibility index (Phi) is 4.20. The number of benzene rings is 1. The molecule has 1 N–H and O–H groups in total. The Labute approximate surface area is 132 Å². The molecule has 3 rings (SSSR count). The number of hydrogen-bond donors (Lipinski definition) is 1. The van der Waals surface area contributed by atoms with Gasteiger partial charge in [0, 0.05) is 25.0 Å². The molecule has 0 spiro atoms. The second-order valence-corrected chi connectivity index (χ2v) is 5.19. The van der Waals surface area contributed by atoms with Crippen LogP contribution >= 0.6 is 0 Å². The maximum atomic E-state index is 11.7. The van der Waals surface area contributed by atoms with E-state index in [1.54, 1.807) is 41.0 Å². The first-order valence-electron chi connectivity index (χ1n) is 7.07. The van der Waals surface area contributed by atoms with Gasteiger partial charge in [-0.3, -0.25) is 9.69 Å². The third kappa shape index (κ3) is 3.29. The van der Waals surface area contributed by atoms with Crippen LogP contribution in [0.1, 0.15) is 17.3 Å². The maximum absolute atomic E-state index is 11.7. The average Bonchev–Trinajstić information content (AvgIpc) is 3.20. The Morgan fingerprint density at radius 2 is 2.13 bits per heavy atom. The topological polar surface area (TPSA) is 84.4 Å². The highest BCUT2D eigenvalue weighted by Crippen LogP contribution is 2.22. The molecule has 0 bridgehead atoms. The number of likely N-dealkylation sites (N-methyl/N-ethyl adjacent to an activating group) is 1. The molecule has 7 heteroatoms. The molecular weight excluding hydrogens is 296 g/mol. The largest absolute Gasteiger partial charge is 0.480 e. The Morgan fingerprint density at radius 3 is 2.70 bits per heavy atom. The molecule has 2 heterocycles. The van der Waals surface area contributed by atoms with Crippen LogP contribution in [-0.2, 0) is 11.3 Å². The second-order valence-electron chi connectivity index (χ2n) is 5.19. The average molecular weight is 312 g/mol. The van der Waals surface area contributed by atoms with Crippen molar-refractivity contribution >= 4 is 5.97 Å². The lowest BCUT2D eigenvalue weighted by atomic mass is 10.1. The van der Waals surface area contributed by atoms with Crippen LogP contribution in [-0.4, -0.2) is 38.0 Å². The summed E-state index contributed by atoms with van der Waals surface area (Å²) in [6, 6.07) is 10.1. The van der Waals surface area contributed by atoms with Crippen LogP contribution in [0.25, 0.3) is 5.69 Å². The molecule has 1 unspecified atom stereocenters. The van der Waals surface area contributed by atoms with Gasteiger partial charge in [-0.2, -0.15) is 5.10 Å². The first kappa shape index (κ1) is 15.0. The molecule has 3 aromatic rings. The van der Waals surface area contributed by atoms with E-state index in [2.05, 4.69) is 10.3 Å². The van der Waals surface area contributed by atoms with Crippen molar-refractivity contribution in [3.05, 3.63) is 66.3 Å². The van der Waals surface area contributed by atoms with Gasteiger partial charge < -0.3 is 9.63 Å². The van der Waals surface area contributed by atoms with Crippen molar-refractivity contribution in [1.29, 1.82) is 0 Å². The van der Waals surface area contributed by atoms with Crippen molar-refractivity contribution in [1.82, 2.24) is 19.8 Å². The molecule has 0 radical (unpaired) electrons. The summed E-state index contributed by atoms with van der Waals surface area (Å²) < 4.78 is 6.51. The Bertz CT molecular complexity index is 751. The number of nitrogens with zero attached hydrogens (tertiary/aromatic N) is 4. The minimum absolute atomic E-state index is 0.383. The van der Waals surface area contributed by atoms with E-state index in [4.69, 9.17) is 4.52 Å². The molecule has 0 fully saturated rings. The summed E-state index contributed by atoms with van der Waals surface area (Å²) in [5, 5.41) is 17.5. The monoisotopic (exact) mass is 312 g/mol. The van der Waals surface area contributed by atoms with Gasteiger partial charge in [0.05, 0.1) is 11.4 Å². The van der Waals surface area contributed by atoms with Gasteiger partial charge in [0.1, 0.15) is 12.3 Å². The molecular formula is C16H16N4O3. The van der Waals surface area contributed by atoms with Crippen molar-refractivity contribution in [3.8, 4) is 5.69 Å². The summed E-state index contributed by atoms with van der Waals surface area (Å²) in [5.41, 5.74) is 2.26. The van der Waals surface area contributed by atoms with E-state index in [1.807, 2.05) is 24.4 Å². The number of hydrogen-bond acceptors (Lipinski definition) is 5. The van der Waals surface area contributed by atoms with Crippen LogP contribution in [0.15, 0.2) is 59.6 Å². The molecule has 0 amide bonds. The van der Waals surface area contributed by atoms with Crippen molar-refractivity contribution in [2.45, 2.75) is 12.6 Å². The van der Waals surface area contributed by atoms with Gasteiger partial charge in [0.15, 0.2) is 0 Å². The predicted octanol–water partition coefficient (Wildman–Crippen LogP) is 2.12. The Balaban J connectivity index is 1.82. The highest BCUT2D eigenvalue weighted by atomic mass is 16.5. The first-order valence-corrected chi connectivity index (χ1v) is 7.07. The fourth-order valence-corrected chi connectivity index (χ4v) is 2.48. The fourth-order valence-electron chi connectivity index (χ4n) is 2.48. The van der Waals surface area contributed by atoms with Gasteiger partial charge in [0.25, 0.3) is 0 Å². The predicted molar refractivity (Wildman–Crippen MR) is 81.9 cm³/mol. The van der Waals surface area contributed by atoms with Gasteiger partial charge in [-0.05, 0) is 30.8 Å². The van der Waals surface area contributed by atoms with Crippen LogP contribution in [0.3, 0.4) is 0 Å². The fraction of sp³-hybridized carbons (Fsp3) is 0.188. The van der Waals surface area contributed by atoms with Crippen molar-refractivity contribution in [3.63, 3.8) is 0 Å². The summed E-state index contributed by atoms with van der Waals surface area (Å²) in [4.78, 5) is 13.4. The van der Waals surface area contributed by atoms with E-state index in [0.29, 0.717) is 17.8 Å². The number of rotatable bonds is 6. The normalized spacial score (nSPS) is 12.4. The van der Waals surface area contributed by atoms with Crippen molar-refractivity contribution in [2.24, 2.45) is 0 Å². The number of aliphatic carboxylic acids is 1. The smallest absolute Gasteiger partial charge is 0.325 e. The van der Waals surface area contributed by atoms with Crippen molar-refractivity contribution < 1.29 is 14.4 Å². The zero-order valence-electron chi connectivity index (χ0n) is 12.5. The van der Waals surface area contributed by atoms with E-state index in [-0.39, 0.29) is 0 Å². The number of carbonyl (C=O) groups is 1. The molecule has 23 heavy (non-hydrogen) atoms. The minimum atomic E-state index is -0.914. The van der Waals surface area contributed by atoms with Crippen LogP contribution < -0.4 is 0 Å². The Morgan fingerprint density at radius 1 is 1.35 bits per heavy atom. The van der Waals surface area contributed by atoms with Gasteiger partial charge in [-0.25, -0.2) is 4.68 Å². The van der Waals surface area contributed by atoms with E-state index < -0.39 is 12.0 Å². The molecule has 118 valence electrons. The highest BCUT2D eigenvalue weighted by Gasteiger charge is 2.25. The SMILES string of the molecule is CN(Cc1ccon1)C(C(=O)O)c1ccc(-n2cccn2)cc1. The second kappa shape index (κ2) is 6.45. The molecule has 0 saturated heterocycles. The highest BCUT2D eigenvalue weighted by molar-refractivity contribution is 5.75. The zero-order valence-corrected chi connectivity index (χ0v) is 12.5. The van der Waals surface area contributed by atoms with Gasteiger partial charge in [-0.1, -0.05) is 17.3 Å². The molecule has 0 aliphatic heterocycles. The third-order valence-electron chi connectivity index (χ3n) is 3.56. The van der Waals surface area contributed by atoms with Crippen molar-refractivity contribution in [2.75, 3.05) is 7.05 Å². The molecule has 1 aromatic carbocycles. The third-order valence-corrected chi connectivity index (χ3v) is 3.56. The first-order chi connectivity index (χ1) is 11.1. The molecule has 7 nitrogen and oxygen atoms in total.